The molecule has 24 heavy (non-hydrogen) atoms. The molecule has 2 heterocycles. The number of aryl methyl sites for hydroxylation is 1. The number of nitrogens with one attached hydrogen (secondary N) is 1. The van der Waals surface area contributed by atoms with Crippen LogP contribution in [0.2, 0.25) is 0 Å². The van der Waals surface area contributed by atoms with E-state index in [1.807, 2.05) is 0 Å². The SMILES string of the molecule is Cc1ccc2nc3c(-c4ccccc4)c4ccccc4[nH]c-3c2c1. The summed E-state index contributed by atoms with van der Waals surface area (Å²) in [4.78, 5) is 8.56. The first-order valence-electron chi connectivity index (χ1n) is 8.17. The number of pyridine rings is 1. The van der Waals surface area contributed by atoms with Crippen LogP contribution in [0.5, 0.6) is 0 Å². The fourth-order valence-corrected chi connectivity index (χ4v) is 3.53. The number of hydrogen-bond donors (Lipinski definition) is 1. The average Bonchev–Trinajstić information content (AvgIpc) is 2.98. The Kier molecular flexibility index (Phi) is 2.74. The minimum Gasteiger partial charge on any atom is -0.353 e. The molecule has 2 nitrogen and oxygen atoms in total. The molecule has 0 unspecified atom stereocenters. The highest BCUT2D eigenvalue weighted by Crippen LogP contribution is 2.41. The number of H-pyrrole nitrogens is 1. The fraction of sp³-hybridized carbons (Fsp3) is 0.0455. The molecule has 0 spiro atoms. The second-order valence-electron chi connectivity index (χ2n) is 6.27. The van der Waals surface area contributed by atoms with Gasteiger partial charge in [0.15, 0.2) is 0 Å². The van der Waals surface area contributed by atoms with Crippen LogP contribution in [0, 0.1) is 6.92 Å². The summed E-state index contributed by atoms with van der Waals surface area (Å²) < 4.78 is 0. The van der Waals surface area contributed by atoms with Gasteiger partial charge < -0.3 is 4.98 Å². The Morgan fingerprint density at radius 3 is 2.46 bits per heavy atom. The lowest BCUT2D eigenvalue weighted by atomic mass is 9.96. The predicted molar refractivity (Wildman–Crippen MR) is 100 cm³/mol. The molecule has 114 valence electrons. The molecule has 2 aliphatic rings. The largest absolute Gasteiger partial charge is 0.353 e. The van der Waals surface area contributed by atoms with Crippen molar-refractivity contribution < 1.29 is 0 Å². The van der Waals surface area contributed by atoms with Gasteiger partial charge in [-0.25, -0.2) is 4.98 Å². The van der Waals surface area contributed by atoms with Crippen LogP contribution in [0.3, 0.4) is 0 Å². The van der Waals surface area contributed by atoms with E-state index in [0.717, 1.165) is 22.4 Å². The number of benzene rings is 3. The normalized spacial score (nSPS) is 11.5. The molecule has 0 amide bonds. The van der Waals surface area contributed by atoms with E-state index in [0.29, 0.717) is 0 Å². The van der Waals surface area contributed by atoms with E-state index in [4.69, 9.17) is 4.98 Å². The highest BCUT2D eigenvalue weighted by molar-refractivity contribution is 6.09. The summed E-state index contributed by atoms with van der Waals surface area (Å²) in [5, 5.41) is 2.39. The zero-order chi connectivity index (χ0) is 16.1. The second-order valence-corrected chi connectivity index (χ2v) is 6.27. The quantitative estimate of drug-likeness (QED) is 0.417. The van der Waals surface area contributed by atoms with Gasteiger partial charge in [0.25, 0.3) is 0 Å². The number of hydrogen-bond acceptors (Lipinski definition) is 1. The van der Waals surface area contributed by atoms with Crippen molar-refractivity contribution in [1.82, 2.24) is 9.97 Å². The Hall–Kier alpha value is -3.13. The van der Waals surface area contributed by atoms with Crippen LogP contribution in [0.4, 0.5) is 0 Å². The summed E-state index contributed by atoms with van der Waals surface area (Å²) in [6, 6.07) is 25.4. The zero-order valence-electron chi connectivity index (χ0n) is 13.4. The second kappa shape index (κ2) is 4.93. The van der Waals surface area contributed by atoms with Gasteiger partial charge in [-0.15, -0.1) is 0 Å². The van der Waals surface area contributed by atoms with Gasteiger partial charge in [-0.05, 0) is 30.7 Å². The van der Waals surface area contributed by atoms with Crippen molar-refractivity contribution in [1.29, 1.82) is 0 Å². The first kappa shape index (κ1) is 13.3. The summed E-state index contributed by atoms with van der Waals surface area (Å²) in [6.45, 7) is 2.12. The molecule has 0 aliphatic carbocycles. The van der Waals surface area contributed by atoms with Crippen molar-refractivity contribution in [3.63, 3.8) is 0 Å². The van der Waals surface area contributed by atoms with Gasteiger partial charge in [-0.2, -0.15) is 0 Å². The Balaban J connectivity index is 2.00. The van der Waals surface area contributed by atoms with E-state index in [1.165, 1.54) is 27.5 Å². The van der Waals surface area contributed by atoms with Gasteiger partial charge in [0, 0.05) is 21.9 Å². The summed E-state index contributed by atoms with van der Waals surface area (Å²) >= 11 is 0. The summed E-state index contributed by atoms with van der Waals surface area (Å²) in [6.07, 6.45) is 0. The number of aromatic nitrogens is 2. The highest BCUT2D eigenvalue weighted by atomic mass is 14.8. The lowest BCUT2D eigenvalue weighted by Crippen LogP contribution is -1.92. The third kappa shape index (κ3) is 1.86. The monoisotopic (exact) mass is 308 g/mol. The molecule has 0 bridgehead atoms. The minimum absolute atomic E-state index is 1.04. The topological polar surface area (TPSA) is 28.7 Å². The molecule has 2 heteroatoms. The molecule has 0 radical (unpaired) electrons. The molecule has 0 aromatic heterocycles. The number of para-hydroxylation sites is 1. The maximum absolute atomic E-state index is 4.95. The van der Waals surface area contributed by atoms with E-state index < -0.39 is 0 Å². The third-order valence-corrected chi connectivity index (χ3v) is 4.65. The van der Waals surface area contributed by atoms with Gasteiger partial charge in [-0.3, -0.25) is 0 Å². The van der Waals surface area contributed by atoms with Gasteiger partial charge in [0.2, 0.25) is 0 Å². The number of aromatic amines is 1. The van der Waals surface area contributed by atoms with Crippen molar-refractivity contribution in [2.45, 2.75) is 6.92 Å². The zero-order valence-corrected chi connectivity index (χ0v) is 13.4. The van der Waals surface area contributed by atoms with Crippen molar-refractivity contribution in [2.75, 3.05) is 0 Å². The van der Waals surface area contributed by atoms with Crippen LogP contribution in [0.15, 0.2) is 72.8 Å². The predicted octanol–water partition coefficient (Wildman–Crippen LogP) is 5.80. The van der Waals surface area contributed by atoms with Crippen LogP contribution in [-0.2, 0) is 0 Å². The molecule has 1 N–H and O–H groups in total. The molecule has 3 aromatic carbocycles. The molecule has 0 atom stereocenters. The van der Waals surface area contributed by atoms with Gasteiger partial charge in [0.05, 0.1) is 16.9 Å². The lowest BCUT2D eigenvalue weighted by molar-refractivity contribution is 1.37. The van der Waals surface area contributed by atoms with Crippen LogP contribution in [0.1, 0.15) is 5.56 Å². The van der Waals surface area contributed by atoms with E-state index in [1.54, 1.807) is 0 Å². The van der Waals surface area contributed by atoms with Crippen LogP contribution < -0.4 is 0 Å². The van der Waals surface area contributed by atoms with Crippen LogP contribution in [0.25, 0.3) is 44.3 Å². The molecule has 0 saturated carbocycles. The molecule has 0 fully saturated rings. The van der Waals surface area contributed by atoms with E-state index in [9.17, 15) is 0 Å². The molecule has 5 rings (SSSR count). The van der Waals surface area contributed by atoms with E-state index in [-0.39, 0.29) is 0 Å². The first-order valence-corrected chi connectivity index (χ1v) is 8.17. The van der Waals surface area contributed by atoms with E-state index in [2.05, 4.69) is 84.7 Å². The molecular formula is C22H16N2. The first-order chi connectivity index (χ1) is 11.8. The summed E-state index contributed by atoms with van der Waals surface area (Å²) in [5.74, 6) is 0. The molecule has 0 saturated heterocycles. The minimum atomic E-state index is 1.04. The number of nitrogens with zero attached hydrogens (tertiary/aromatic N) is 1. The summed E-state index contributed by atoms with van der Waals surface area (Å²) in [7, 11) is 0. The Bertz CT molecular complexity index is 1150. The lowest BCUT2D eigenvalue weighted by Gasteiger charge is -2.12. The highest BCUT2D eigenvalue weighted by Gasteiger charge is 2.20. The van der Waals surface area contributed by atoms with Crippen molar-refractivity contribution >= 4 is 21.8 Å². The maximum atomic E-state index is 4.95. The Labute approximate surface area is 140 Å². The third-order valence-electron chi connectivity index (χ3n) is 4.65. The molecular weight excluding hydrogens is 292 g/mol. The molecule has 3 aromatic rings. The molecule has 2 aliphatic heterocycles. The van der Waals surface area contributed by atoms with E-state index >= 15 is 0 Å². The Morgan fingerprint density at radius 2 is 1.58 bits per heavy atom. The van der Waals surface area contributed by atoms with Gasteiger partial charge in [-0.1, -0.05) is 60.2 Å². The van der Waals surface area contributed by atoms with Crippen LogP contribution >= 0.6 is 0 Å². The maximum Gasteiger partial charge on any atom is 0.0964 e. The number of fused-ring (bicyclic) bond motifs is 4. The Morgan fingerprint density at radius 1 is 0.792 bits per heavy atom. The van der Waals surface area contributed by atoms with Gasteiger partial charge >= 0.3 is 0 Å². The van der Waals surface area contributed by atoms with Crippen molar-refractivity contribution in [3.05, 3.63) is 78.4 Å². The fourth-order valence-electron chi connectivity index (χ4n) is 3.53. The van der Waals surface area contributed by atoms with Crippen molar-refractivity contribution in [2.24, 2.45) is 0 Å². The van der Waals surface area contributed by atoms with Crippen LogP contribution in [-0.4, -0.2) is 9.97 Å². The van der Waals surface area contributed by atoms with Gasteiger partial charge in [0.1, 0.15) is 0 Å². The van der Waals surface area contributed by atoms with Crippen molar-refractivity contribution in [3.8, 4) is 22.5 Å². The average molecular weight is 308 g/mol. The smallest absolute Gasteiger partial charge is 0.0964 e. The summed E-state index contributed by atoms with van der Waals surface area (Å²) in [5.41, 5.74) is 7.99. The standard InChI is InChI=1S/C22H16N2/c1-14-11-12-19-17(13-14)21-22(24-19)20(15-7-3-2-4-8-15)16-9-5-6-10-18(16)23-21/h2-13,23H,1H3. The number of rotatable bonds is 1.